The van der Waals surface area contributed by atoms with Gasteiger partial charge in [-0.05, 0) is 25.7 Å². The Kier molecular flexibility index (Phi) is 6.26. The Bertz CT molecular complexity index is 234. The predicted octanol–water partition coefficient (Wildman–Crippen LogP) is 3.77. The van der Waals surface area contributed by atoms with Gasteiger partial charge in [-0.3, -0.25) is 4.79 Å². The standard InChI is InChI=1S/C12H22O2/c1-2-3-4-5-6-7-8-9-10-11-12(13)14/h3-4H,2,5-11H2,1H3,(H,13,14)/b4-3-/i1D3. The molecule has 82 valence electrons. The number of unbranched alkanes of at least 4 members (excludes halogenated alkanes) is 5. The van der Waals surface area contributed by atoms with E-state index in [1.54, 1.807) is 6.08 Å². The molecule has 0 aromatic rings. The number of aliphatic carboxylic acids is 1. The summed E-state index contributed by atoms with van der Waals surface area (Å²) in [6.07, 6.45) is 9.86. The summed E-state index contributed by atoms with van der Waals surface area (Å²) >= 11 is 0. The quantitative estimate of drug-likeness (QED) is 0.455. The van der Waals surface area contributed by atoms with E-state index in [9.17, 15) is 4.79 Å². The van der Waals surface area contributed by atoms with Crippen LogP contribution in [0.25, 0.3) is 0 Å². The van der Waals surface area contributed by atoms with Crippen molar-refractivity contribution in [2.75, 3.05) is 0 Å². The minimum Gasteiger partial charge on any atom is -0.481 e. The highest BCUT2D eigenvalue weighted by atomic mass is 16.4. The molecule has 0 unspecified atom stereocenters. The highest BCUT2D eigenvalue weighted by molar-refractivity contribution is 5.66. The molecule has 2 heteroatoms. The van der Waals surface area contributed by atoms with Crippen LogP contribution in [0.2, 0.25) is 0 Å². The summed E-state index contributed by atoms with van der Waals surface area (Å²) in [6, 6.07) is 0. The van der Waals surface area contributed by atoms with Crippen molar-refractivity contribution in [1.82, 2.24) is 0 Å². The molecule has 0 saturated heterocycles. The average molecular weight is 201 g/mol. The molecule has 2 nitrogen and oxygen atoms in total. The molecular weight excluding hydrogens is 176 g/mol. The largest absolute Gasteiger partial charge is 0.481 e. The van der Waals surface area contributed by atoms with Gasteiger partial charge in [0.15, 0.2) is 0 Å². The molecule has 0 aliphatic carbocycles. The number of allylic oxidation sites excluding steroid dienone is 2. The van der Waals surface area contributed by atoms with Crippen molar-refractivity contribution in [2.45, 2.75) is 58.2 Å². The normalized spacial score (nSPS) is 15.0. The Morgan fingerprint density at radius 2 is 1.93 bits per heavy atom. The van der Waals surface area contributed by atoms with Gasteiger partial charge in [0, 0.05) is 10.5 Å². The first-order valence-electron chi connectivity index (χ1n) is 6.78. The number of hydrogen-bond acceptors (Lipinski definition) is 1. The highest BCUT2D eigenvalue weighted by Gasteiger charge is 1.95. The van der Waals surface area contributed by atoms with E-state index in [4.69, 9.17) is 9.22 Å². The van der Waals surface area contributed by atoms with Crippen LogP contribution in [0.4, 0.5) is 0 Å². The third-order valence-electron chi connectivity index (χ3n) is 2.05. The zero-order chi connectivity index (χ0) is 13.1. The lowest BCUT2D eigenvalue weighted by molar-refractivity contribution is -0.137. The molecule has 0 radical (unpaired) electrons. The second-order valence-corrected chi connectivity index (χ2v) is 3.38. The highest BCUT2D eigenvalue weighted by Crippen LogP contribution is 2.07. The Balaban J connectivity index is 3.21. The van der Waals surface area contributed by atoms with E-state index in [1.807, 2.05) is 6.08 Å². The van der Waals surface area contributed by atoms with E-state index < -0.39 is 12.8 Å². The topological polar surface area (TPSA) is 37.3 Å². The number of rotatable bonds is 9. The summed E-state index contributed by atoms with van der Waals surface area (Å²) in [5, 5.41) is 8.42. The molecule has 0 rings (SSSR count). The van der Waals surface area contributed by atoms with Gasteiger partial charge in [-0.1, -0.05) is 38.3 Å². The minimum atomic E-state index is -1.85. The second-order valence-electron chi connectivity index (χ2n) is 3.38. The molecular formula is C12H22O2. The summed E-state index contributed by atoms with van der Waals surface area (Å²) in [4.78, 5) is 10.2. The lowest BCUT2D eigenvalue weighted by Crippen LogP contribution is -1.93. The van der Waals surface area contributed by atoms with Crippen LogP contribution in [0, 0.1) is 0 Å². The summed E-state index contributed by atoms with van der Waals surface area (Å²) in [5.41, 5.74) is 0. The molecule has 0 spiro atoms. The van der Waals surface area contributed by atoms with Crippen molar-refractivity contribution in [3.05, 3.63) is 12.2 Å². The lowest BCUT2D eigenvalue weighted by atomic mass is 10.1. The van der Waals surface area contributed by atoms with Gasteiger partial charge in [0.25, 0.3) is 0 Å². The summed E-state index contributed by atoms with van der Waals surface area (Å²) < 4.78 is 21.0. The van der Waals surface area contributed by atoms with Gasteiger partial charge < -0.3 is 5.11 Å². The van der Waals surface area contributed by atoms with Crippen molar-refractivity contribution >= 4 is 5.97 Å². The van der Waals surface area contributed by atoms with Crippen LogP contribution in [0.1, 0.15) is 62.3 Å². The minimum absolute atomic E-state index is 0.144. The third kappa shape index (κ3) is 11.2. The first-order chi connectivity index (χ1) is 7.92. The third-order valence-corrected chi connectivity index (χ3v) is 2.05. The molecule has 0 amide bonds. The average Bonchev–Trinajstić information content (AvgIpc) is 2.18. The Morgan fingerprint density at radius 3 is 2.64 bits per heavy atom. The number of carboxylic acid groups (broad SMARTS) is 1. The maximum absolute atomic E-state index is 10.2. The molecule has 0 fully saturated rings. The van der Waals surface area contributed by atoms with Crippen LogP contribution in [-0.2, 0) is 4.79 Å². The van der Waals surface area contributed by atoms with Crippen LogP contribution >= 0.6 is 0 Å². The fourth-order valence-corrected chi connectivity index (χ4v) is 1.27. The van der Waals surface area contributed by atoms with Crippen molar-refractivity contribution < 1.29 is 14.0 Å². The fraction of sp³-hybridized carbons (Fsp3) is 0.750. The van der Waals surface area contributed by atoms with Crippen LogP contribution in [0.15, 0.2) is 12.2 Å². The zero-order valence-electron chi connectivity index (χ0n) is 11.7. The van der Waals surface area contributed by atoms with Gasteiger partial charge in [0.2, 0.25) is 0 Å². The van der Waals surface area contributed by atoms with E-state index in [0.29, 0.717) is 0 Å². The van der Waals surface area contributed by atoms with Crippen LogP contribution in [-0.4, -0.2) is 11.1 Å². The fourth-order valence-electron chi connectivity index (χ4n) is 1.27. The molecule has 1 N–H and O–H groups in total. The van der Waals surface area contributed by atoms with Gasteiger partial charge in [0.1, 0.15) is 0 Å². The molecule has 0 aromatic heterocycles. The van der Waals surface area contributed by atoms with Crippen molar-refractivity contribution in [1.29, 1.82) is 0 Å². The number of carbonyl (C=O) groups is 1. The monoisotopic (exact) mass is 201 g/mol. The van der Waals surface area contributed by atoms with Gasteiger partial charge in [0.05, 0.1) is 0 Å². The summed E-state index contributed by atoms with van der Waals surface area (Å²) in [7, 11) is 0. The first kappa shape index (κ1) is 8.51. The Hall–Kier alpha value is -0.790. The van der Waals surface area contributed by atoms with Crippen molar-refractivity contribution in [2.24, 2.45) is 0 Å². The van der Waals surface area contributed by atoms with Gasteiger partial charge in [-0.25, -0.2) is 0 Å². The van der Waals surface area contributed by atoms with E-state index in [2.05, 4.69) is 0 Å². The van der Waals surface area contributed by atoms with Gasteiger partial charge in [-0.2, -0.15) is 0 Å². The molecule has 0 aromatic carbocycles. The molecule has 0 saturated carbocycles. The van der Waals surface area contributed by atoms with Crippen molar-refractivity contribution in [3.8, 4) is 0 Å². The second kappa shape index (κ2) is 10.3. The molecule has 0 atom stereocenters. The first-order valence-corrected chi connectivity index (χ1v) is 5.28. The SMILES string of the molecule is [2H]C([2H])([2H])C/C=C\CCCCCCCC(=O)O. The molecule has 0 bridgehead atoms. The van der Waals surface area contributed by atoms with E-state index in [0.717, 1.165) is 38.5 Å². The molecule has 0 aliphatic rings. The Labute approximate surface area is 91.2 Å². The van der Waals surface area contributed by atoms with E-state index in [1.165, 1.54) is 0 Å². The van der Waals surface area contributed by atoms with Crippen molar-refractivity contribution in [3.63, 3.8) is 0 Å². The smallest absolute Gasteiger partial charge is 0.303 e. The van der Waals surface area contributed by atoms with Crippen LogP contribution < -0.4 is 0 Å². The molecule has 0 heterocycles. The van der Waals surface area contributed by atoms with E-state index >= 15 is 0 Å². The van der Waals surface area contributed by atoms with Gasteiger partial charge in [-0.15, -0.1) is 0 Å². The lowest BCUT2D eigenvalue weighted by Gasteiger charge is -1.97. The zero-order valence-corrected chi connectivity index (χ0v) is 8.67. The van der Waals surface area contributed by atoms with E-state index in [-0.39, 0.29) is 12.8 Å². The predicted molar refractivity (Wildman–Crippen MR) is 59.4 cm³/mol. The summed E-state index contributed by atoms with van der Waals surface area (Å²) in [5.74, 6) is -0.724. The maximum atomic E-state index is 10.2. The van der Waals surface area contributed by atoms with Crippen LogP contribution in [0.3, 0.4) is 0 Å². The Morgan fingerprint density at radius 1 is 1.21 bits per heavy atom. The number of hydrogen-bond donors (Lipinski definition) is 1. The summed E-state index contributed by atoms with van der Waals surface area (Å²) in [6.45, 7) is -1.85. The molecule has 14 heavy (non-hydrogen) atoms. The molecule has 0 aliphatic heterocycles. The number of carboxylic acids is 1. The maximum Gasteiger partial charge on any atom is 0.303 e. The van der Waals surface area contributed by atoms with Crippen LogP contribution in [0.5, 0.6) is 0 Å². The van der Waals surface area contributed by atoms with Gasteiger partial charge >= 0.3 is 5.97 Å².